The molecule has 1 saturated heterocycles. The van der Waals surface area contributed by atoms with Gasteiger partial charge in [-0.2, -0.15) is 0 Å². The van der Waals surface area contributed by atoms with Gasteiger partial charge >= 0.3 is 0 Å². The Labute approximate surface area is 177 Å². The number of hydrogen-bond acceptors (Lipinski definition) is 6. The second-order valence-electron chi connectivity index (χ2n) is 7.07. The summed E-state index contributed by atoms with van der Waals surface area (Å²) < 4.78 is 36.5. The van der Waals surface area contributed by atoms with Gasteiger partial charge in [-0.3, -0.25) is 9.10 Å². The summed E-state index contributed by atoms with van der Waals surface area (Å²) in [6.45, 7) is 4.60. The summed E-state index contributed by atoms with van der Waals surface area (Å²) in [7, 11) is -2.20. The Morgan fingerprint density at radius 3 is 2.43 bits per heavy atom. The van der Waals surface area contributed by atoms with Crippen LogP contribution in [0, 0.1) is 0 Å². The highest BCUT2D eigenvalue weighted by atomic mass is 32.2. The number of benzene rings is 2. The third kappa shape index (κ3) is 5.22. The predicted octanol–water partition coefficient (Wildman–Crippen LogP) is 2.33. The van der Waals surface area contributed by atoms with Crippen LogP contribution in [0.25, 0.3) is 0 Å². The zero-order chi connectivity index (χ0) is 21.7. The van der Waals surface area contributed by atoms with Crippen molar-refractivity contribution in [2.75, 3.05) is 54.2 Å². The number of hydrogen-bond donors (Lipinski definition) is 1. The van der Waals surface area contributed by atoms with Gasteiger partial charge in [-0.1, -0.05) is 6.07 Å². The average molecular weight is 434 g/mol. The molecule has 2 aromatic rings. The number of ether oxygens (including phenoxy) is 2. The Hall–Kier alpha value is -2.78. The monoisotopic (exact) mass is 433 g/mol. The fourth-order valence-electron chi connectivity index (χ4n) is 3.38. The second kappa shape index (κ2) is 9.36. The number of nitrogens with one attached hydrogen (secondary N) is 1. The molecule has 9 heteroatoms. The second-order valence-corrected chi connectivity index (χ2v) is 8.93. The standard InChI is InChI=1S/C21H27N3O5S/c1-16(24(30(3,26)27)19-5-4-6-20(15-19)28-2)21(25)22-17-7-9-18(10-8-17)23-11-13-29-14-12-23/h4-10,15-16H,11-14H2,1-3H3,(H,22,25)/t16-/m0/s1. The molecule has 0 aliphatic carbocycles. The van der Waals surface area contributed by atoms with E-state index < -0.39 is 22.0 Å². The van der Waals surface area contributed by atoms with Crippen LogP contribution < -0.4 is 19.3 Å². The Bertz CT molecular complexity index is 972. The van der Waals surface area contributed by atoms with E-state index in [9.17, 15) is 13.2 Å². The van der Waals surface area contributed by atoms with Crippen LogP contribution in [0.3, 0.4) is 0 Å². The van der Waals surface area contributed by atoms with Crippen molar-refractivity contribution in [3.63, 3.8) is 0 Å². The molecule has 0 unspecified atom stereocenters. The molecule has 1 aliphatic rings. The van der Waals surface area contributed by atoms with Crippen LogP contribution >= 0.6 is 0 Å². The highest BCUT2D eigenvalue weighted by Crippen LogP contribution is 2.26. The normalized spacial score (nSPS) is 15.4. The average Bonchev–Trinajstić information content (AvgIpc) is 2.74. The van der Waals surface area contributed by atoms with Crippen molar-refractivity contribution in [2.45, 2.75) is 13.0 Å². The first-order chi connectivity index (χ1) is 14.3. The topological polar surface area (TPSA) is 88.2 Å². The van der Waals surface area contributed by atoms with Gasteiger partial charge < -0.3 is 19.7 Å². The maximum absolute atomic E-state index is 12.8. The lowest BCUT2D eigenvalue weighted by Crippen LogP contribution is -2.45. The summed E-state index contributed by atoms with van der Waals surface area (Å²) in [6.07, 6.45) is 1.08. The molecule has 0 radical (unpaired) electrons. The molecule has 162 valence electrons. The Morgan fingerprint density at radius 1 is 1.17 bits per heavy atom. The van der Waals surface area contributed by atoms with Crippen LogP contribution in [-0.2, 0) is 19.6 Å². The summed E-state index contributed by atoms with van der Waals surface area (Å²) in [6, 6.07) is 13.1. The summed E-state index contributed by atoms with van der Waals surface area (Å²) in [4.78, 5) is 15.1. The molecule has 3 rings (SSSR count). The van der Waals surface area contributed by atoms with Gasteiger partial charge in [0.25, 0.3) is 0 Å². The van der Waals surface area contributed by atoms with Gasteiger partial charge in [0.15, 0.2) is 0 Å². The number of anilines is 3. The first-order valence-corrected chi connectivity index (χ1v) is 11.5. The van der Waals surface area contributed by atoms with Crippen LogP contribution in [0.2, 0.25) is 0 Å². The van der Waals surface area contributed by atoms with E-state index in [2.05, 4.69) is 10.2 Å². The lowest BCUT2D eigenvalue weighted by atomic mass is 10.2. The van der Waals surface area contributed by atoms with E-state index in [1.54, 1.807) is 31.2 Å². The molecule has 30 heavy (non-hydrogen) atoms. The molecule has 2 aromatic carbocycles. The predicted molar refractivity (Wildman–Crippen MR) is 118 cm³/mol. The van der Waals surface area contributed by atoms with Crippen molar-refractivity contribution in [3.05, 3.63) is 48.5 Å². The number of amides is 1. The van der Waals surface area contributed by atoms with Crippen molar-refractivity contribution in [1.29, 1.82) is 0 Å². The molecular formula is C21H27N3O5S. The molecule has 1 amide bonds. The molecule has 1 aliphatic heterocycles. The third-order valence-electron chi connectivity index (χ3n) is 4.91. The molecular weight excluding hydrogens is 406 g/mol. The number of morpholine rings is 1. The van der Waals surface area contributed by atoms with E-state index in [4.69, 9.17) is 9.47 Å². The van der Waals surface area contributed by atoms with Crippen LogP contribution in [-0.4, -0.2) is 60.0 Å². The van der Waals surface area contributed by atoms with E-state index in [0.29, 0.717) is 30.3 Å². The van der Waals surface area contributed by atoms with E-state index in [0.717, 1.165) is 29.3 Å². The molecule has 0 saturated carbocycles. The van der Waals surface area contributed by atoms with Gasteiger partial charge in [0, 0.05) is 30.5 Å². The summed E-state index contributed by atoms with van der Waals surface area (Å²) in [5.74, 6) is 0.0785. The maximum atomic E-state index is 12.8. The van der Waals surface area contributed by atoms with Gasteiger partial charge in [0.05, 0.1) is 32.3 Å². The van der Waals surface area contributed by atoms with E-state index >= 15 is 0 Å². The van der Waals surface area contributed by atoms with Gasteiger partial charge in [-0.25, -0.2) is 8.42 Å². The largest absolute Gasteiger partial charge is 0.497 e. The lowest BCUT2D eigenvalue weighted by molar-refractivity contribution is -0.116. The van der Waals surface area contributed by atoms with Crippen molar-refractivity contribution >= 4 is 33.0 Å². The number of carbonyl (C=O) groups excluding carboxylic acids is 1. The van der Waals surface area contributed by atoms with Crippen molar-refractivity contribution in [3.8, 4) is 5.75 Å². The molecule has 0 bridgehead atoms. The molecule has 1 fully saturated rings. The van der Waals surface area contributed by atoms with Gasteiger partial charge in [0.1, 0.15) is 11.8 Å². The molecule has 1 N–H and O–H groups in total. The minimum atomic E-state index is -3.70. The van der Waals surface area contributed by atoms with Crippen LogP contribution in [0.1, 0.15) is 6.92 Å². The molecule has 0 aromatic heterocycles. The number of rotatable bonds is 7. The first-order valence-electron chi connectivity index (χ1n) is 9.66. The molecule has 1 heterocycles. The number of carbonyl (C=O) groups is 1. The lowest BCUT2D eigenvalue weighted by Gasteiger charge is -2.29. The minimum Gasteiger partial charge on any atom is -0.497 e. The van der Waals surface area contributed by atoms with Gasteiger partial charge in [-0.05, 0) is 43.3 Å². The Balaban J connectivity index is 1.75. The zero-order valence-corrected chi connectivity index (χ0v) is 18.2. The molecule has 1 atom stereocenters. The summed E-state index contributed by atoms with van der Waals surface area (Å²) in [5.41, 5.74) is 2.02. The van der Waals surface area contributed by atoms with E-state index in [-0.39, 0.29) is 0 Å². The fourth-order valence-corrected chi connectivity index (χ4v) is 4.55. The van der Waals surface area contributed by atoms with Gasteiger partial charge in [-0.15, -0.1) is 0 Å². The van der Waals surface area contributed by atoms with Crippen LogP contribution in [0.4, 0.5) is 17.1 Å². The first kappa shape index (κ1) is 21.9. The Morgan fingerprint density at radius 2 is 1.83 bits per heavy atom. The number of sulfonamides is 1. The highest BCUT2D eigenvalue weighted by Gasteiger charge is 2.29. The van der Waals surface area contributed by atoms with Crippen molar-refractivity contribution < 1.29 is 22.7 Å². The van der Waals surface area contributed by atoms with Crippen molar-refractivity contribution in [1.82, 2.24) is 0 Å². The fraction of sp³-hybridized carbons (Fsp3) is 0.381. The van der Waals surface area contributed by atoms with E-state index in [1.807, 2.05) is 24.3 Å². The molecule has 0 spiro atoms. The highest BCUT2D eigenvalue weighted by molar-refractivity contribution is 7.92. The molecule has 8 nitrogen and oxygen atoms in total. The third-order valence-corrected chi connectivity index (χ3v) is 6.15. The number of nitrogens with zero attached hydrogens (tertiary/aromatic N) is 2. The SMILES string of the molecule is COc1cccc(N([C@@H](C)C(=O)Nc2ccc(N3CCOCC3)cc2)S(C)(=O)=O)c1. The quantitative estimate of drug-likeness (QED) is 0.721. The summed E-state index contributed by atoms with van der Waals surface area (Å²) >= 11 is 0. The van der Waals surface area contributed by atoms with E-state index in [1.165, 1.54) is 7.11 Å². The number of methoxy groups -OCH3 is 1. The zero-order valence-electron chi connectivity index (χ0n) is 17.4. The van der Waals surface area contributed by atoms with Gasteiger partial charge in [0.2, 0.25) is 15.9 Å². The maximum Gasteiger partial charge on any atom is 0.247 e. The Kier molecular flexibility index (Phi) is 6.84. The minimum absolute atomic E-state index is 0.363. The van der Waals surface area contributed by atoms with Crippen molar-refractivity contribution in [2.24, 2.45) is 0 Å². The summed E-state index contributed by atoms with van der Waals surface area (Å²) in [5, 5.41) is 2.80. The smallest absolute Gasteiger partial charge is 0.247 e. The van der Waals surface area contributed by atoms with Crippen LogP contribution in [0.15, 0.2) is 48.5 Å². The van der Waals surface area contributed by atoms with Crippen LogP contribution in [0.5, 0.6) is 5.75 Å².